The molecule has 1 saturated carbocycles. The third-order valence-electron chi connectivity index (χ3n) is 2.31. The first-order chi connectivity index (χ1) is 7.46. The topological polar surface area (TPSA) is 51.2 Å². The van der Waals surface area contributed by atoms with E-state index in [1.807, 2.05) is 32.5 Å². The number of aromatic nitrogens is 1. The van der Waals surface area contributed by atoms with E-state index in [-0.39, 0.29) is 12.1 Å². The molecule has 1 amide bonds. The molecule has 1 aliphatic rings. The smallest absolute Gasteiger partial charge is 0.407 e. The molecule has 2 rings (SSSR count). The van der Waals surface area contributed by atoms with Gasteiger partial charge in [-0.1, -0.05) is 0 Å². The van der Waals surface area contributed by atoms with E-state index < -0.39 is 5.60 Å². The zero-order valence-corrected chi connectivity index (χ0v) is 10.5. The molecule has 0 radical (unpaired) electrons. The van der Waals surface area contributed by atoms with Crippen LogP contribution in [0.5, 0.6) is 0 Å². The molecular formula is C11H16N2O2S. The van der Waals surface area contributed by atoms with Crippen molar-refractivity contribution in [2.24, 2.45) is 0 Å². The standard InChI is InChI=1S/C11H16N2O2S/c1-11(2,3)15-10(14)13-8-4-7(8)9-5-12-6-16-9/h5-8H,4H2,1-3H3,(H,13,14)/t7?,8-/m0/s1. The molecule has 88 valence electrons. The van der Waals surface area contributed by atoms with Gasteiger partial charge in [-0.05, 0) is 27.2 Å². The Labute approximate surface area is 99.0 Å². The van der Waals surface area contributed by atoms with E-state index in [2.05, 4.69) is 10.3 Å². The number of carbonyl (C=O) groups excluding carboxylic acids is 1. The van der Waals surface area contributed by atoms with Crippen molar-refractivity contribution in [3.8, 4) is 0 Å². The van der Waals surface area contributed by atoms with E-state index in [1.165, 1.54) is 4.88 Å². The molecule has 1 aromatic heterocycles. The Hall–Kier alpha value is -1.10. The van der Waals surface area contributed by atoms with E-state index in [4.69, 9.17) is 4.74 Å². The van der Waals surface area contributed by atoms with Crippen LogP contribution < -0.4 is 5.32 Å². The van der Waals surface area contributed by atoms with Crippen molar-refractivity contribution in [1.82, 2.24) is 10.3 Å². The van der Waals surface area contributed by atoms with Gasteiger partial charge in [0.1, 0.15) is 5.60 Å². The monoisotopic (exact) mass is 240 g/mol. The van der Waals surface area contributed by atoms with Crippen molar-refractivity contribution in [2.45, 2.75) is 44.8 Å². The lowest BCUT2D eigenvalue weighted by Gasteiger charge is -2.19. The minimum Gasteiger partial charge on any atom is -0.444 e. The summed E-state index contributed by atoms with van der Waals surface area (Å²) in [5.74, 6) is 0.431. The quantitative estimate of drug-likeness (QED) is 0.864. The van der Waals surface area contributed by atoms with Crippen LogP contribution in [0.25, 0.3) is 0 Å². The number of alkyl carbamates (subject to hydrolysis) is 1. The predicted octanol–water partition coefficient (Wildman–Crippen LogP) is 2.52. The summed E-state index contributed by atoms with van der Waals surface area (Å²) in [5.41, 5.74) is 1.39. The van der Waals surface area contributed by atoms with Crippen molar-refractivity contribution in [1.29, 1.82) is 0 Å². The van der Waals surface area contributed by atoms with E-state index in [1.54, 1.807) is 11.3 Å². The normalized spacial score (nSPS) is 23.9. The fraction of sp³-hybridized carbons (Fsp3) is 0.636. The molecule has 1 unspecified atom stereocenters. The summed E-state index contributed by atoms with van der Waals surface area (Å²) in [6.07, 6.45) is 2.53. The van der Waals surface area contributed by atoms with Crippen molar-refractivity contribution >= 4 is 17.4 Å². The Bertz CT molecular complexity index is 370. The maximum absolute atomic E-state index is 11.5. The van der Waals surface area contributed by atoms with Crippen LogP contribution >= 0.6 is 11.3 Å². The summed E-state index contributed by atoms with van der Waals surface area (Å²) in [6, 6.07) is 0.218. The molecule has 1 heterocycles. The fourth-order valence-corrected chi connectivity index (χ4v) is 2.34. The fourth-order valence-electron chi connectivity index (χ4n) is 1.54. The number of nitrogens with one attached hydrogen (secondary N) is 1. The molecule has 0 saturated heterocycles. The predicted molar refractivity (Wildman–Crippen MR) is 62.6 cm³/mol. The summed E-state index contributed by atoms with van der Waals surface area (Å²) in [5, 5.41) is 2.87. The average Bonchev–Trinajstić information content (AvgIpc) is 2.70. The molecule has 1 aliphatic carbocycles. The Morgan fingerprint density at radius 3 is 2.94 bits per heavy atom. The first-order valence-corrected chi connectivity index (χ1v) is 6.21. The van der Waals surface area contributed by atoms with Gasteiger partial charge in [0.05, 0.1) is 5.51 Å². The second-order valence-corrected chi connectivity index (χ2v) is 5.92. The number of rotatable bonds is 2. The van der Waals surface area contributed by atoms with Crippen LogP contribution in [-0.2, 0) is 4.74 Å². The van der Waals surface area contributed by atoms with E-state index in [9.17, 15) is 4.79 Å². The van der Waals surface area contributed by atoms with Gasteiger partial charge in [0, 0.05) is 23.0 Å². The summed E-state index contributed by atoms with van der Waals surface area (Å²) in [7, 11) is 0. The van der Waals surface area contributed by atoms with E-state index >= 15 is 0 Å². The van der Waals surface area contributed by atoms with Gasteiger partial charge in [-0.2, -0.15) is 0 Å². The highest BCUT2D eigenvalue weighted by atomic mass is 32.1. The molecule has 1 aromatic rings. The highest BCUT2D eigenvalue weighted by Crippen LogP contribution is 2.42. The van der Waals surface area contributed by atoms with Crippen LogP contribution in [0.3, 0.4) is 0 Å². The zero-order chi connectivity index (χ0) is 11.8. The average molecular weight is 240 g/mol. The Kier molecular flexibility index (Phi) is 2.88. The van der Waals surface area contributed by atoms with Gasteiger partial charge in [0.2, 0.25) is 0 Å². The van der Waals surface area contributed by atoms with Crippen LogP contribution in [0.2, 0.25) is 0 Å². The van der Waals surface area contributed by atoms with Crippen LogP contribution in [-0.4, -0.2) is 22.7 Å². The number of amides is 1. The van der Waals surface area contributed by atoms with E-state index in [0.717, 1.165) is 6.42 Å². The second kappa shape index (κ2) is 4.05. The molecule has 2 atom stereocenters. The molecule has 16 heavy (non-hydrogen) atoms. The summed E-state index contributed by atoms with van der Waals surface area (Å²) in [6.45, 7) is 5.58. The molecule has 0 bridgehead atoms. The zero-order valence-electron chi connectivity index (χ0n) is 9.69. The van der Waals surface area contributed by atoms with E-state index in [0.29, 0.717) is 5.92 Å². The summed E-state index contributed by atoms with van der Waals surface area (Å²) >= 11 is 1.63. The minimum absolute atomic E-state index is 0.218. The van der Waals surface area contributed by atoms with Gasteiger partial charge < -0.3 is 10.1 Å². The van der Waals surface area contributed by atoms with Gasteiger partial charge in [-0.3, -0.25) is 4.98 Å². The molecule has 1 fully saturated rings. The molecule has 0 aromatic carbocycles. The van der Waals surface area contributed by atoms with Gasteiger partial charge in [0.15, 0.2) is 0 Å². The van der Waals surface area contributed by atoms with Gasteiger partial charge in [-0.25, -0.2) is 4.79 Å². The molecular weight excluding hydrogens is 224 g/mol. The lowest BCUT2D eigenvalue weighted by molar-refractivity contribution is 0.0523. The Balaban J connectivity index is 1.79. The number of thiazole rings is 1. The van der Waals surface area contributed by atoms with Crippen molar-refractivity contribution < 1.29 is 9.53 Å². The largest absolute Gasteiger partial charge is 0.444 e. The van der Waals surface area contributed by atoms with Gasteiger partial charge >= 0.3 is 6.09 Å². The van der Waals surface area contributed by atoms with Gasteiger partial charge in [-0.15, -0.1) is 11.3 Å². The first kappa shape index (κ1) is 11.4. The Morgan fingerprint density at radius 1 is 1.62 bits per heavy atom. The lowest BCUT2D eigenvalue weighted by atomic mass is 10.2. The molecule has 0 spiro atoms. The number of hydrogen-bond donors (Lipinski definition) is 1. The van der Waals surface area contributed by atoms with Crippen molar-refractivity contribution in [3.05, 3.63) is 16.6 Å². The molecule has 0 aliphatic heterocycles. The third kappa shape index (κ3) is 2.95. The summed E-state index contributed by atoms with van der Waals surface area (Å²) in [4.78, 5) is 16.7. The molecule has 5 heteroatoms. The number of nitrogens with zero attached hydrogens (tertiary/aromatic N) is 1. The van der Waals surface area contributed by atoms with Crippen molar-refractivity contribution in [2.75, 3.05) is 0 Å². The highest BCUT2D eigenvalue weighted by molar-refractivity contribution is 7.09. The highest BCUT2D eigenvalue weighted by Gasteiger charge is 2.41. The van der Waals surface area contributed by atoms with Crippen LogP contribution in [0.15, 0.2) is 11.7 Å². The molecule has 4 nitrogen and oxygen atoms in total. The minimum atomic E-state index is -0.432. The third-order valence-corrected chi connectivity index (χ3v) is 3.22. The number of ether oxygens (including phenoxy) is 1. The first-order valence-electron chi connectivity index (χ1n) is 5.33. The Morgan fingerprint density at radius 2 is 2.38 bits per heavy atom. The number of hydrogen-bond acceptors (Lipinski definition) is 4. The van der Waals surface area contributed by atoms with Crippen LogP contribution in [0.1, 0.15) is 38.0 Å². The second-order valence-electron chi connectivity index (χ2n) is 5.00. The maximum Gasteiger partial charge on any atom is 0.407 e. The maximum atomic E-state index is 11.5. The summed E-state index contributed by atoms with van der Waals surface area (Å²) < 4.78 is 5.19. The lowest BCUT2D eigenvalue weighted by Crippen LogP contribution is -2.34. The van der Waals surface area contributed by atoms with Crippen molar-refractivity contribution in [3.63, 3.8) is 0 Å². The molecule has 1 N–H and O–H groups in total. The van der Waals surface area contributed by atoms with Gasteiger partial charge in [0.25, 0.3) is 0 Å². The SMILES string of the molecule is CC(C)(C)OC(=O)N[C@H]1CC1c1cncs1. The van der Waals surface area contributed by atoms with Crippen LogP contribution in [0, 0.1) is 0 Å². The number of carbonyl (C=O) groups is 1. The van der Waals surface area contributed by atoms with Crippen LogP contribution in [0.4, 0.5) is 4.79 Å².